The summed E-state index contributed by atoms with van der Waals surface area (Å²) >= 11 is 1.53. The Kier molecular flexibility index (Phi) is 5.03. The van der Waals surface area contributed by atoms with Crippen molar-refractivity contribution in [2.24, 2.45) is 5.92 Å². The van der Waals surface area contributed by atoms with Crippen molar-refractivity contribution in [2.75, 3.05) is 37.4 Å². The number of thioether (sulfide) groups is 1. The first-order valence-corrected chi connectivity index (χ1v) is 9.94. The molecule has 120 valence electrons. The number of carboxylic acid groups (broad SMARTS) is 1. The number of carbonyl (C=O) groups excluding carboxylic acids is 1. The topological polar surface area (TPSA) is 95.0 Å². The zero-order chi connectivity index (χ0) is 15.6. The summed E-state index contributed by atoms with van der Waals surface area (Å²) in [4.78, 5) is 26.3. The van der Waals surface area contributed by atoms with Crippen molar-refractivity contribution in [3.8, 4) is 0 Å². The average molecular weight is 336 g/mol. The quantitative estimate of drug-likeness (QED) is 0.798. The summed E-state index contributed by atoms with van der Waals surface area (Å²) in [6.07, 6.45) is 1.86. The van der Waals surface area contributed by atoms with E-state index in [2.05, 4.69) is 0 Å². The molecule has 21 heavy (non-hydrogen) atoms. The summed E-state index contributed by atoms with van der Waals surface area (Å²) in [6, 6.07) is -0.279. The minimum Gasteiger partial charge on any atom is -0.481 e. The van der Waals surface area contributed by atoms with E-state index < -0.39 is 21.2 Å². The second kappa shape index (κ2) is 6.43. The summed E-state index contributed by atoms with van der Waals surface area (Å²) in [5.41, 5.74) is 0. The van der Waals surface area contributed by atoms with Gasteiger partial charge in [0.15, 0.2) is 9.84 Å². The lowest BCUT2D eigenvalue weighted by Gasteiger charge is -2.36. The van der Waals surface area contributed by atoms with Crippen molar-refractivity contribution in [1.29, 1.82) is 0 Å². The van der Waals surface area contributed by atoms with Crippen LogP contribution in [0.3, 0.4) is 0 Å². The van der Waals surface area contributed by atoms with E-state index in [0.29, 0.717) is 31.8 Å². The van der Waals surface area contributed by atoms with Crippen molar-refractivity contribution in [3.63, 3.8) is 0 Å². The zero-order valence-electron chi connectivity index (χ0n) is 11.9. The second-order valence-corrected chi connectivity index (χ2v) is 8.89. The van der Waals surface area contributed by atoms with E-state index in [1.165, 1.54) is 16.7 Å². The van der Waals surface area contributed by atoms with Crippen LogP contribution in [-0.4, -0.2) is 78.1 Å². The van der Waals surface area contributed by atoms with Crippen molar-refractivity contribution in [1.82, 2.24) is 9.80 Å². The number of amides is 2. The fourth-order valence-corrected chi connectivity index (χ4v) is 5.57. The van der Waals surface area contributed by atoms with E-state index in [4.69, 9.17) is 5.11 Å². The molecule has 2 rings (SSSR count). The molecule has 7 nitrogen and oxygen atoms in total. The molecule has 0 aromatic rings. The molecule has 0 aromatic carbocycles. The van der Waals surface area contributed by atoms with Gasteiger partial charge in [-0.3, -0.25) is 4.79 Å². The number of nitrogens with zero attached hydrogens (tertiary/aromatic N) is 2. The van der Waals surface area contributed by atoms with Crippen molar-refractivity contribution in [2.45, 2.75) is 18.2 Å². The highest BCUT2D eigenvalue weighted by Crippen LogP contribution is 2.25. The van der Waals surface area contributed by atoms with Gasteiger partial charge in [0.2, 0.25) is 0 Å². The summed E-state index contributed by atoms with van der Waals surface area (Å²) in [5, 5.41) is 8.02. The van der Waals surface area contributed by atoms with E-state index in [1.54, 1.807) is 4.90 Å². The maximum absolute atomic E-state index is 12.5. The van der Waals surface area contributed by atoms with Crippen LogP contribution in [0.5, 0.6) is 0 Å². The lowest BCUT2D eigenvalue weighted by atomic mass is 10.1. The molecule has 9 heteroatoms. The van der Waals surface area contributed by atoms with Gasteiger partial charge < -0.3 is 14.9 Å². The molecular formula is C12H20N2O5S2. The molecule has 0 spiro atoms. The van der Waals surface area contributed by atoms with Crippen LogP contribution in [0.2, 0.25) is 0 Å². The predicted octanol–water partition coefficient (Wildman–Crippen LogP) is 0.323. The largest absolute Gasteiger partial charge is 0.481 e. The van der Waals surface area contributed by atoms with Crippen LogP contribution in [0.1, 0.15) is 12.8 Å². The van der Waals surface area contributed by atoms with Gasteiger partial charge in [-0.2, -0.15) is 11.8 Å². The Morgan fingerprint density at radius 1 is 1.33 bits per heavy atom. The van der Waals surface area contributed by atoms with Gasteiger partial charge in [0, 0.05) is 43.8 Å². The van der Waals surface area contributed by atoms with Crippen LogP contribution >= 0.6 is 11.8 Å². The lowest BCUT2D eigenvalue weighted by Crippen LogP contribution is -2.54. The van der Waals surface area contributed by atoms with Gasteiger partial charge in [-0.15, -0.1) is 0 Å². The number of hydrogen-bond acceptors (Lipinski definition) is 5. The molecule has 0 bridgehead atoms. The van der Waals surface area contributed by atoms with Crippen LogP contribution in [0, 0.1) is 5.92 Å². The molecule has 2 amide bonds. The Morgan fingerprint density at radius 2 is 2.05 bits per heavy atom. The summed E-state index contributed by atoms with van der Waals surface area (Å²) in [5.74, 6) is 0.223. The van der Waals surface area contributed by atoms with Gasteiger partial charge >= 0.3 is 12.0 Å². The Labute approximate surface area is 128 Å². The number of sulfone groups is 1. The zero-order valence-corrected chi connectivity index (χ0v) is 13.5. The molecule has 2 atom stereocenters. The van der Waals surface area contributed by atoms with Gasteiger partial charge in [-0.1, -0.05) is 0 Å². The van der Waals surface area contributed by atoms with Crippen LogP contribution in [0.15, 0.2) is 0 Å². The van der Waals surface area contributed by atoms with E-state index in [1.807, 2.05) is 0 Å². The van der Waals surface area contributed by atoms with E-state index in [9.17, 15) is 18.0 Å². The van der Waals surface area contributed by atoms with E-state index in [-0.39, 0.29) is 18.4 Å². The molecule has 2 aliphatic heterocycles. The maximum atomic E-state index is 12.5. The molecule has 1 N–H and O–H groups in total. The molecule has 0 saturated carbocycles. The number of aliphatic carboxylic acids is 1. The van der Waals surface area contributed by atoms with Gasteiger partial charge in [0.25, 0.3) is 0 Å². The Morgan fingerprint density at radius 3 is 2.67 bits per heavy atom. The van der Waals surface area contributed by atoms with Crippen LogP contribution in [0.25, 0.3) is 0 Å². The summed E-state index contributed by atoms with van der Waals surface area (Å²) in [7, 11) is -3.32. The van der Waals surface area contributed by atoms with Gasteiger partial charge in [0.05, 0.1) is 0 Å². The minimum atomic E-state index is -3.32. The fraction of sp³-hybridized carbons (Fsp3) is 0.833. The number of likely N-dealkylation sites (tertiary alicyclic amines) is 1. The molecule has 2 fully saturated rings. The monoisotopic (exact) mass is 336 g/mol. The highest BCUT2D eigenvalue weighted by molar-refractivity contribution is 8.00. The molecule has 2 aliphatic rings. The Balaban J connectivity index is 2.03. The first-order chi connectivity index (χ1) is 9.79. The number of carboxylic acids is 1. The van der Waals surface area contributed by atoms with Crippen molar-refractivity contribution in [3.05, 3.63) is 0 Å². The summed E-state index contributed by atoms with van der Waals surface area (Å²) < 4.78 is 23.6. The van der Waals surface area contributed by atoms with Crippen LogP contribution in [-0.2, 0) is 14.6 Å². The number of urea groups is 1. The van der Waals surface area contributed by atoms with Crippen molar-refractivity contribution >= 4 is 33.6 Å². The Bertz CT molecular complexity index is 522. The number of hydrogen-bond donors (Lipinski definition) is 1. The van der Waals surface area contributed by atoms with E-state index >= 15 is 0 Å². The molecular weight excluding hydrogens is 316 g/mol. The van der Waals surface area contributed by atoms with E-state index in [0.717, 1.165) is 12.0 Å². The molecule has 0 aliphatic carbocycles. The van der Waals surface area contributed by atoms with Gasteiger partial charge in [0.1, 0.15) is 5.37 Å². The molecule has 2 heterocycles. The molecule has 2 unspecified atom stereocenters. The first kappa shape index (κ1) is 16.4. The highest BCUT2D eigenvalue weighted by atomic mass is 32.2. The number of carbonyl (C=O) groups is 2. The average Bonchev–Trinajstić information content (AvgIpc) is 2.84. The Hall–Kier alpha value is -0.960. The van der Waals surface area contributed by atoms with Crippen LogP contribution in [0.4, 0.5) is 4.79 Å². The third-order valence-electron chi connectivity index (χ3n) is 3.84. The van der Waals surface area contributed by atoms with Crippen molar-refractivity contribution < 1.29 is 23.1 Å². The first-order valence-electron chi connectivity index (χ1n) is 6.83. The smallest absolute Gasteiger partial charge is 0.321 e. The molecule has 2 saturated heterocycles. The van der Waals surface area contributed by atoms with Gasteiger partial charge in [-0.05, 0) is 12.3 Å². The predicted molar refractivity (Wildman–Crippen MR) is 80.0 cm³/mol. The SMILES string of the molecule is CS(=O)(=O)C1CSCCN1C(=O)N1CCC(CC(=O)O)C1. The molecule has 0 aromatic heterocycles. The second-order valence-electron chi connectivity index (χ2n) is 5.53. The van der Waals surface area contributed by atoms with Gasteiger partial charge in [-0.25, -0.2) is 13.2 Å². The number of rotatable bonds is 3. The third kappa shape index (κ3) is 4.03. The highest BCUT2D eigenvalue weighted by Gasteiger charge is 2.38. The minimum absolute atomic E-state index is 0.0395. The normalized spacial score (nSPS) is 26.9. The standard InChI is InChI=1S/C12H20N2O5S2/c1-21(18,19)10-8-20-5-4-14(10)12(17)13-3-2-9(7-13)6-11(15)16/h9-10H,2-8H2,1H3,(H,15,16). The fourth-order valence-electron chi connectivity index (χ4n) is 2.76. The maximum Gasteiger partial charge on any atom is 0.321 e. The third-order valence-corrected chi connectivity index (χ3v) is 6.49. The summed E-state index contributed by atoms with van der Waals surface area (Å²) in [6.45, 7) is 1.31. The van der Waals surface area contributed by atoms with Crippen LogP contribution < -0.4 is 0 Å². The lowest BCUT2D eigenvalue weighted by molar-refractivity contribution is -0.138. The molecule has 0 radical (unpaired) electrons.